The summed E-state index contributed by atoms with van der Waals surface area (Å²) >= 11 is 2.16. The van der Waals surface area contributed by atoms with Gasteiger partial charge in [-0.25, -0.2) is 11.3 Å². The molecule has 0 amide bonds. The van der Waals surface area contributed by atoms with E-state index in [2.05, 4.69) is 127 Å². The van der Waals surface area contributed by atoms with Gasteiger partial charge in [0.2, 0.25) is 0 Å². The van der Waals surface area contributed by atoms with E-state index >= 15 is 0 Å². The third-order valence-corrected chi connectivity index (χ3v) is 8.48. The summed E-state index contributed by atoms with van der Waals surface area (Å²) < 4.78 is 6.40. The van der Waals surface area contributed by atoms with Crippen LogP contribution in [0, 0.1) is 6.08 Å². The van der Waals surface area contributed by atoms with Crippen LogP contribution >= 0.6 is 0 Å². The summed E-state index contributed by atoms with van der Waals surface area (Å²) in [7, 11) is 0.593. The van der Waals surface area contributed by atoms with Gasteiger partial charge in [-0.05, 0) is 23.1 Å². The number of hydrogen-bond donors (Lipinski definition) is 1. The molecule has 3 aromatic carbocycles. The van der Waals surface area contributed by atoms with Crippen molar-refractivity contribution in [1.29, 1.82) is 0 Å². The molecule has 0 saturated carbocycles. The Bertz CT molecular complexity index is 1140. The van der Waals surface area contributed by atoms with E-state index in [4.69, 9.17) is 4.74 Å². The zero-order valence-corrected chi connectivity index (χ0v) is 27.6. The van der Waals surface area contributed by atoms with E-state index in [1.54, 1.807) is 19.2 Å². The zero-order valence-electron chi connectivity index (χ0n) is 23.5. The normalized spacial score (nSPS) is 11.9. The van der Waals surface area contributed by atoms with Gasteiger partial charge in [0.25, 0.3) is 0 Å². The average molecular weight is 603 g/mol. The minimum absolute atomic E-state index is 0. The van der Waals surface area contributed by atoms with E-state index in [9.17, 15) is 5.11 Å². The van der Waals surface area contributed by atoms with Crippen LogP contribution in [0.5, 0.6) is 11.5 Å². The number of ether oxygens (including phenoxy) is 1. The van der Waals surface area contributed by atoms with Crippen LogP contribution in [0.3, 0.4) is 0 Å². The molecule has 3 aromatic rings. The molecule has 1 aliphatic rings. The summed E-state index contributed by atoms with van der Waals surface area (Å²) in [6.07, 6.45) is 8.82. The molecule has 1 N–H and O–H groups in total. The van der Waals surface area contributed by atoms with Crippen molar-refractivity contribution in [3.63, 3.8) is 0 Å². The van der Waals surface area contributed by atoms with Gasteiger partial charge in [0.05, 0.1) is 7.11 Å². The van der Waals surface area contributed by atoms with Crippen LogP contribution in [0.1, 0.15) is 43.9 Å². The summed E-state index contributed by atoms with van der Waals surface area (Å²) in [5.74, 6) is 0.953. The first-order chi connectivity index (χ1) is 16.9. The molecule has 0 aliphatic heterocycles. The fraction of sp³-hybridized carbons (Fsp3) is 0.281. The van der Waals surface area contributed by atoms with Crippen LogP contribution in [0.2, 0.25) is 19.6 Å². The van der Waals surface area contributed by atoms with Crippen molar-refractivity contribution >= 4 is 11.9 Å². The van der Waals surface area contributed by atoms with Crippen molar-refractivity contribution in [3.05, 3.63) is 119 Å². The molecule has 6 heteroatoms. The molecule has 0 spiro atoms. The molecule has 0 aromatic heterocycles. The third-order valence-electron chi connectivity index (χ3n) is 5.62. The Balaban J connectivity index is 0.000000538. The van der Waals surface area contributed by atoms with Crippen LogP contribution in [0.25, 0.3) is 0 Å². The molecular weight excluding hydrogens is 563 g/mol. The maximum absolute atomic E-state index is 9.41. The predicted octanol–water partition coefficient (Wildman–Crippen LogP) is 2.06. The molecule has 4 rings (SSSR count). The first kappa shape index (κ1) is 36.1. The Morgan fingerprint density at radius 2 is 1.37 bits per heavy atom. The number of benzene rings is 3. The minimum atomic E-state index is -1.01. The van der Waals surface area contributed by atoms with E-state index in [0.29, 0.717) is 5.75 Å². The van der Waals surface area contributed by atoms with Gasteiger partial charge in [0.1, 0.15) is 11.5 Å². The second kappa shape index (κ2) is 16.9. The number of aromatic hydroxyl groups is 1. The molecule has 0 saturated heterocycles. The summed E-state index contributed by atoms with van der Waals surface area (Å²) in [5, 5.41) is 10.9. The molecule has 0 fully saturated rings. The first-order valence-corrected chi connectivity index (χ1v) is 16.6. The van der Waals surface area contributed by atoms with Crippen molar-refractivity contribution in [1.82, 2.24) is 0 Å². The molecule has 1 aliphatic carbocycles. The second-order valence-corrected chi connectivity index (χ2v) is 16.5. The molecule has 0 unspecified atom stereocenters. The van der Waals surface area contributed by atoms with Gasteiger partial charge in [0, 0.05) is 14.1 Å². The molecule has 38 heavy (non-hydrogen) atoms. The number of rotatable bonds is 4. The van der Waals surface area contributed by atoms with Crippen LogP contribution in [-0.4, -0.2) is 24.1 Å². The molecule has 2 nitrogen and oxygen atoms in total. The zero-order chi connectivity index (χ0) is 26.8. The van der Waals surface area contributed by atoms with Crippen molar-refractivity contribution in [2.75, 3.05) is 7.11 Å². The van der Waals surface area contributed by atoms with Gasteiger partial charge < -0.3 is 34.7 Å². The Morgan fingerprint density at radius 3 is 1.71 bits per heavy atom. The van der Waals surface area contributed by atoms with E-state index in [-0.39, 0.29) is 36.0 Å². The third kappa shape index (κ3) is 12.3. The fourth-order valence-electron chi connectivity index (χ4n) is 3.43. The van der Waals surface area contributed by atoms with Crippen molar-refractivity contribution in [2.24, 2.45) is 0 Å². The number of hydrogen-bond acceptors (Lipinski definition) is 2. The number of halogens is 2. The van der Waals surface area contributed by atoms with Gasteiger partial charge in [0.15, 0.2) is 0 Å². The quantitative estimate of drug-likeness (QED) is 0.366. The topological polar surface area (TPSA) is 29.5 Å². The summed E-state index contributed by atoms with van der Waals surface area (Å²) in [5.41, 5.74) is 3.69. The molecular formula is C32H39Cl2O2SiTi-2. The van der Waals surface area contributed by atoms with Gasteiger partial charge in [-0.1, -0.05) is 40.4 Å². The van der Waals surface area contributed by atoms with Crippen LogP contribution in [0.15, 0.2) is 96.2 Å². The van der Waals surface area contributed by atoms with Gasteiger partial charge in [-0.15, -0.1) is 6.42 Å². The summed E-state index contributed by atoms with van der Waals surface area (Å²) in [6, 6.07) is 26.3. The standard InChI is InChI=1S/C13H10.C11H16O2.C8H13Si.2ClH.Ti/c1-3-7-12(8-4-1)11-13-9-5-2-6-10-13;1-11(2,3)8-5-9(12)7-10(6-8)13-4;1-9(2,3)8-6-4-5-7-8;;;/h1-10H;5-7,12H,1-4H3;4,6H,5H2,1-3H3;2*1H;/q;;-1;;;+1/p-2. The maximum atomic E-state index is 9.41. The SMILES string of the molecule is COc1cc(O)cc(C(C)(C)C)c1.C[Si](C)(C)C1=[C-]CC=C1.[Cl-].[Cl-].[Ti+]=[C](c1ccccc1)c1ccccc1. The van der Waals surface area contributed by atoms with Crippen LogP contribution in [0.4, 0.5) is 0 Å². The number of allylic oxidation sites excluding steroid dienone is 4. The van der Waals surface area contributed by atoms with Crippen molar-refractivity contribution in [3.8, 4) is 11.5 Å². The van der Waals surface area contributed by atoms with Crippen LogP contribution < -0.4 is 29.6 Å². The van der Waals surface area contributed by atoms with Crippen LogP contribution in [-0.2, 0) is 25.4 Å². The van der Waals surface area contributed by atoms with Gasteiger partial charge >= 0.3 is 95.6 Å². The number of phenolic OH excluding ortho intramolecular Hbond substituents is 1. The van der Waals surface area contributed by atoms with E-state index in [1.165, 1.54) is 20.1 Å². The number of phenols is 1. The predicted molar refractivity (Wildman–Crippen MR) is 153 cm³/mol. The van der Waals surface area contributed by atoms with Crippen molar-refractivity contribution in [2.45, 2.75) is 52.2 Å². The summed E-state index contributed by atoms with van der Waals surface area (Å²) in [6.45, 7) is 13.4. The van der Waals surface area contributed by atoms with Gasteiger partial charge in [-0.3, -0.25) is 6.08 Å². The van der Waals surface area contributed by atoms with E-state index in [0.717, 1.165) is 12.0 Å². The van der Waals surface area contributed by atoms with E-state index in [1.807, 2.05) is 18.2 Å². The average Bonchev–Trinajstić information content (AvgIpc) is 3.41. The second-order valence-electron chi connectivity index (χ2n) is 10.7. The Kier molecular flexibility index (Phi) is 16.1. The Morgan fingerprint density at radius 1 is 0.868 bits per heavy atom. The molecule has 0 atom stereocenters. The fourth-order valence-corrected chi connectivity index (χ4v) is 5.20. The molecule has 0 heterocycles. The Labute approximate surface area is 255 Å². The number of methoxy groups -OCH3 is 1. The molecule has 203 valence electrons. The monoisotopic (exact) mass is 601 g/mol. The Hall–Kier alpha value is -1.88. The molecule has 0 radical (unpaired) electrons. The van der Waals surface area contributed by atoms with E-state index < -0.39 is 8.07 Å². The first-order valence-electron chi connectivity index (χ1n) is 12.3. The molecule has 0 bridgehead atoms. The summed E-state index contributed by atoms with van der Waals surface area (Å²) in [4.78, 5) is 0. The van der Waals surface area contributed by atoms with Crippen molar-refractivity contribution < 1.29 is 54.6 Å². The van der Waals surface area contributed by atoms with Gasteiger partial charge in [-0.2, -0.15) is 6.08 Å².